The minimum atomic E-state index is 0.923. The molecule has 0 aliphatic carbocycles. The van der Waals surface area contributed by atoms with Gasteiger partial charge in [0.1, 0.15) is 5.84 Å². The summed E-state index contributed by atoms with van der Waals surface area (Å²) in [5.41, 5.74) is 1.15. The van der Waals surface area contributed by atoms with Crippen molar-refractivity contribution in [3.63, 3.8) is 0 Å². The van der Waals surface area contributed by atoms with Gasteiger partial charge in [0, 0.05) is 19.7 Å². The molecule has 0 atom stereocenters. The summed E-state index contributed by atoms with van der Waals surface area (Å²) in [5, 5.41) is 5.58. The van der Waals surface area contributed by atoms with Crippen molar-refractivity contribution in [1.82, 2.24) is 5.32 Å². The van der Waals surface area contributed by atoms with Crippen LogP contribution in [0, 0.1) is 0 Å². The number of amidine groups is 1. The van der Waals surface area contributed by atoms with E-state index in [1.807, 2.05) is 13.1 Å². The molecule has 2 rings (SSSR count). The van der Waals surface area contributed by atoms with Crippen molar-refractivity contribution in [1.29, 1.82) is 0 Å². The van der Waals surface area contributed by atoms with Crippen LogP contribution >= 0.6 is 0 Å². The molecule has 0 aromatic heterocycles. The molecule has 0 aliphatic rings. The maximum atomic E-state index is 4.23. The molecular formula is C13H14N2. The Morgan fingerprint density at radius 3 is 2.53 bits per heavy atom. The third-order valence-electron chi connectivity index (χ3n) is 2.51. The predicted octanol–water partition coefficient (Wildman–Crippen LogP) is 2.44. The van der Waals surface area contributed by atoms with Gasteiger partial charge in [0.15, 0.2) is 0 Å². The first-order chi connectivity index (χ1) is 7.36. The maximum absolute atomic E-state index is 4.23. The minimum absolute atomic E-state index is 0.923. The summed E-state index contributed by atoms with van der Waals surface area (Å²) in [7, 11) is 3.69. The summed E-state index contributed by atoms with van der Waals surface area (Å²) in [6.07, 6.45) is 0. The molecule has 0 heterocycles. The Bertz CT molecular complexity index is 495. The molecule has 0 unspecified atom stereocenters. The molecule has 0 bridgehead atoms. The maximum Gasteiger partial charge on any atom is 0.128 e. The highest BCUT2D eigenvalue weighted by molar-refractivity contribution is 6.09. The van der Waals surface area contributed by atoms with Gasteiger partial charge in [0.05, 0.1) is 0 Å². The average Bonchev–Trinajstić information content (AvgIpc) is 2.31. The zero-order valence-electron chi connectivity index (χ0n) is 8.99. The van der Waals surface area contributed by atoms with Crippen molar-refractivity contribution in [2.75, 3.05) is 14.1 Å². The Labute approximate surface area is 89.7 Å². The van der Waals surface area contributed by atoms with Crippen LogP contribution < -0.4 is 5.32 Å². The highest BCUT2D eigenvalue weighted by Crippen LogP contribution is 2.18. The Morgan fingerprint density at radius 1 is 1.07 bits per heavy atom. The fraction of sp³-hybridized carbons (Fsp3) is 0.154. The Kier molecular flexibility index (Phi) is 2.68. The van der Waals surface area contributed by atoms with Gasteiger partial charge >= 0.3 is 0 Å². The predicted molar refractivity (Wildman–Crippen MR) is 65.5 cm³/mol. The van der Waals surface area contributed by atoms with E-state index in [2.05, 4.69) is 46.7 Å². The fourth-order valence-corrected chi connectivity index (χ4v) is 1.80. The van der Waals surface area contributed by atoms with E-state index in [0.717, 1.165) is 11.4 Å². The molecule has 0 fully saturated rings. The molecule has 2 nitrogen and oxygen atoms in total. The minimum Gasteiger partial charge on any atom is -0.373 e. The van der Waals surface area contributed by atoms with E-state index in [0.29, 0.717) is 0 Å². The van der Waals surface area contributed by atoms with E-state index in [4.69, 9.17) is 0 Å². The number of fused-ring (bicyclic) bond motifs is 1. The van der Waals surface area contributed by atoms with Crippen LogP contribution in [0.25, 0.3) is 10.8 Å². The summed E-state index contributed by atoms with van der Waals surface area (Å²) in [5.74, 6) is 0.923. The first-order valence-electron chi connectivity index (χ1n) is 4.99. The van der Waals surface area contributed by atoms with Crippen LogP contribution in [0.15, 0.2) is 47.5 Å². The van der Waals surface area contributed by atoms with Gasteiger partial charge in [0.25, 0.3) is 0 Å². The van der Waals surface area contributed by atoms with Gasteiger partial charge in [-0.2, -0.15) is 0 Å². The Balaban J connectivity index is 2.71. The lowest BCUT2D eigenvalue weighted by Crippen LogP contribution is -2.19. The summed E-state index contributed by atoms with van der Waals surface area (Å²) < 4.78 is 0. The first kappa shape index (κ1) is 9.71. The zero-order valence-corrected chi connectivity index (χ0v) is 8.99. The van der Waals surface area contributed by atoms with E-state index in [1.165, 1.54) is 10.8 Å². The van der Waals surface area contributed by atoms with E-state index in [9.17, 15) is 0 Å². The number of hydrogen-bond donors (Lipinski definition) is 1. The van der Waals surface area contributed by atoms with E-state index in [-0.39, 0.29) is 0 Å². The number of aliphatic imine (C=N–C) groups is 1. The van der Waals surface area contributed by atoms with E-state index < -0.39 is 0 Å². The monoisotopic (exact) mass is 198 g/mol. The molecule has 2 aromatic carbocycles. The number of hydrogen-bond acceptors (Lipinski definition) is 1. The van der Waals surface area contributed by atoms with Crippen LogP contribution in [0.5, 0.6) is 0 Å². The standard InChI is InChI=1S/C13H14N2/c1-14-13(15-2)12-9-5-7-10-6-3-4-8-11(10)12/h3-9H,1-2H3,(H,14,15). The Morgan fingerprint density at radius 2 is 1.80 bits per heavy atom. The molecule has 2 aromatic rings. The van der Waals surface area contributed by atoms with Crippen LogP contribution in [0.3, 0.4) is 0 Å². The number of nitrogens with one attached hydrogen (secondary N) is 1. The normalized spacial score (nSPS) is 11.7. The van der Waals surface area contributed by atoms with Crippen molar-refractivity contribution >= 4 is 16.6 Å². The van der Waals surface area contributed by atoms with Crippen LogP contribution in [-0.4, -0.2) is 19.9 Å². The highest BCUT2D eigenvalue weighted by atomic mass is 14.9. The van der Waals surface area contributed by atoms with Crippen molar-refractivity contribution in [2.24, 2.45) is 4.99 Å². The van der Waals surface area contributed by atoms with Gasteiger partial charge in [-0.25, -0.2) is 0 Å². The molecule has 1 N–H and O–H groups in total. The molecule has 0 radical (unpaired) electrons. The summed E-state index contributed by atoms with van der Waals surface area (Å²) >= 11 is 0. The SMILES string of the molecule is CN=C(NC)c1cccc2ccccc12. The van der Waals surface area contributed by atoms with Crippen molar-refractivity contribution in [2.45, 2.75) is 0 Å². The molecule has 0 aliphatic heterocycles. The van der Waals surface area contributed by atoms with Crippen molar-refractivity contribution in [3.05, 3.63) is 48.0 Å². The smallest absolute Gasteiger partial charge is 0.128 e. The van der Waals surface area contributed by atoms with Crippen LogP contribution in [0.2, 0.25) is 0 Å². The molecule has 0 spiro atoms. The second kappa shape index (κ2) is 4.13. The lowest BCUT2D eigenvalue weighted by atomic mass is 10.0. The van der Waals surface area contributed by atoms with Gasteiger partial charge in [-0.05, 0) is 10.8 Å². The number of rotatable bonds is 1. The van der Waals surface area contributed by atoms with Gasteiger partial charge < -0.3 is 5.32 Å². The largest absolute Gasteiger partial charge is 0.373 e. The lowest BCUT2D eigenvalue weighted by Gasteiger charge is -2.08. The van der Waals surface area contributed by atoms with Gasteiger partial charge in [0.2, 0.25) is 0 Å². The average molecular weight is 198 g/mol. The molecule has 0 saturated carbocycles. The van der Waals surface area contributed by atoms with Gasteiger partial charge in [-0.3, -0.25) is 4.99 Å². The lowest BCUT2D eigenvalue weighted by molar-refractivity contribution is 1.15. The van der Waals surface area contributed by atoms with Crippen LogP contribution in [0.4, 0.5) is 0 Å². The summed E-state index contributed by atoms with van der Waals surface area (Å²) in [6, 6.07) is 14.6. The van der Waals surface area contributed by atoms with E-state index >= 15 is 0 Å². The molecule has 0 saturated heterocycles. The second-order valence-electron chi connectivity index (χ2n) is 3.35. The summed E-state index contributed by atoms with van der Waals surface area (Å²) in [6.45, 7) is 0. The van der Waals surface area contributed by atoms with E-state index in [1.54, 1.807) is 7.05 Å². The first-order valence-corrected chi connectivity index (χ1v) is 4.99. The fourth-order valence-electron chi connectivity index (χ4n) is 1.80. The molecular weight excluding hydrogens is 184 g/mol. The zero-order chi connectivity index (χ0) is 10.7. The van der Waals surface area contributed by atoms with Crippen molar-refractivity contribution in [3.8, 4) is 0 Å². The van der Waals surface area contributed by atoms with Crippen LogP contribution in [-0.2, 0) is 0 Å². The van der Waals surface area contributed by atoms with Crippen LogP contribution in [0.1, 0.15) is 5.56 Å². The number of nitrogens with zero attached hydrogens (tertiary/aromatic N) is 1. The molecule has 0 amide bonds. The quantitative estimate of drug-likeness (QED) is 0.552. The molecule has 2 heteroatoms. The second-order valence-corrected chi connectivity index (χ2v) is 3.35. The molecule has 76 valence electrons. The Hall–Kier alpha value is -1.83. The number of benzene rings is 2. The third-order valence-corrected chi connectivity index (χ3v) is 2.51. The highest BCUT2D eigenvalue weighted by Gasteiger charge is 2.04. The summed E-state index contributed by atoms with van der Waals surface area (Å²) in [4.78, 5) is 4.23. The van der Waals surface area contributed by atoms with Gasteiger partial charge in [-0.15, -0.1) is 0 Å². The van der Waals surface area contributed by atoms with Crippen molar-refractivity contribution < 1.29 is 0 Å². The topological polar surface area (TPSA) is 24.4 Å². The van der Waals surface area contributed by atoms with Gasteiger partial charge in [-0.1, -0.05) is 42.5 Å². The molecule has 15 heavy (non-hydrogen) atoms. The third kappa shape index (κ3) is 1.71.